The van der Waals surface area contributed by atoms with Gasteiger partial charge in [0.2, 0.25) is 5.91 Å². The zero-order valence-corrected chi connectivity index (χ0v) is 11.8. The summed E-state index contributed by atoms with van der Waals surface area (Å²) in [6.45, 7) is 2.72. The molecule has 7 heteroatoms. The molecule has 0 saturated carbocycles. The number of nitrogens with zero attached hydrogens (tertiary/aromatic N) is 2. The average molecular weight is 294 g/mol. The van der Waals surface area contributed by atoms with E-state index in [4.69, 9.17) is 4.74 Å². The van der Waals surface area contributed by atoms with Gasteiger partial charge in [-0.25, -0.2) is 0 Å². The Hall–Kier alpha value is -1.99. The van der Waals surface area contributed by atoms with Crippen LogP contribution in [-0.2, 0) is 9.53 Å². The van der Waals surface area contributed by atoms with Crippen LogP contribution in [0, 0.1) is 10.1 Å². The van der Waals surface area contributed by atoms with Crippen molar-refractivity contribution in [3.05, 3.63) is 39.9 Å². The molecule has 1 aromatic rings. The van der Waals surface area contributed by atoms with Crippen molar-refractivity contribution in [3.63, 3.8) is 0 Å². The molecule has 1 saturated heterocycles. The number of carbonyl (C=O) groups excluding carboxylic acids is 1. The third-order valence-corrected chi connectivity index (χ3v) is 3.67. The normalized spacial score (nSPS) is 20.1. The van der Waals surface area contributed by atoms with Gasteiger partial charge in [0.25, 0.3) is 5.69 Å². The standard InChI is InChI=1S/C14H18N2O5/c1-10(11-3-2-4-12(7-11)16(19)20)14(18)15-5-6-21-9-13(15)8-17/h2-4,7,10,13,17H,5-6,8-9H2,1H3. The molecule has 0 aromatic heterocycles. The van der Waals surface area contributed by atoms with Crippen molar-refractivity contribution in [2.75, 3.05) is 26.4 Å². The number of amides is 1. The lowest BCUT2D eigenvalue weighted by Gasteiger charge is -2.36. The number of nitro groups is 1. The molecule has 1 N–H and O–H groups in total. The summed E-state index contributed by atoms with van der Waals surface area (Å²) in [7, 11) is 0. The Bertz CT molecular complexity index is 534. The van der Waals surface area contributed by atoms with Gasteiger partial charge in [-0.2, -0.15) is 0 Å². The first-order chi connectivity index (χ1) is 10.0. The third kappa shape index (κ3) is 3.37. The first-order valence-electron chi connectivity index (χ1n) is 6.78. The van der Waals surface area contributed by atoms with Crippen LogP contribution in [0.1, 0.15) is 18.4 Å². The Labute approximate surface area is 122 Å². The number of aliphatic hydroxyl groups excluding tert-OH is 1. The van der Waals surface area contributed by atoms with Crippen molar-refractivity contribution in [2.24, 2.45) is 0 Å². The van der Waals surface area contributed by atoms with Crippen molar-refractivity contribution >= 4 is 11.6 Å². The first kappa shape index (κ1) is 15.4. The highest BCUT2D eigenvalue weighted by Gasteiger charge is 2.30. The van der Waals surface area contributed by atoms with Crippen LogP contribution in [0.4, 0.5) is 5.69 Å². The Kier molecular flexibility index (Phi) is 4.87. The Morgan fingerprint density at radius 1 is 1.62 bits per heavy atom. The van der Waals surface area contributed by atoms with E-state index in [1.54, 1.807) is 24.0 Å². The molecule has 2 unspecified atom stereocenters. The quantitative estimate of drug-likeness (QED) is 0.658. The summed E-state index contributed by atoms with van der Waals surface area (Å²) in [4.78, 5) is 24.5. The molecular formula is C14H18N2O5. The third-order valence-electron chi connectivity index (χ3n) is 3.67. The largest absolute Gasteiger partial charge is 0.394 e. The number of aliphatic hydroxyl groups is 1. The number of morpholine rings is 1. The van der Waals surface area contributed by atoms with E-state index in [-0.39, 0.29) is 24.2 Å². The van der Waals surface area contributed by atoms with Gasteiger partial charge >= 0.3 is 0 Å². The maximum absolute atomic E-state index is 12.5. The van der Waals surface area contributed by atoms with E-state index in [9.17, 15) is 20.0 Å². The Morgan fingerprint density at radius 3 is 3.05 bits per heavy atom. The fourth-order valence-electron chi connectivity index (χ4n) is 2.40. The van der Waals surface area contributed by atoms with Gasteiger partial charge < -0.3 is 14.7 Å². The van der Waals surface area contributed by atoms with Gasteiger partial charge in [0.1, 0.15) is 0 Å². The zero-order valence-electron chi connectivity index (χ0n) is 11.8. The van der Waals surface area contributed by atoms with Crippen LogP contribution in [0.5, 0.6) is 0 Å². The van der Waals surface area contributed by atoms with Crippen LogP contribution < -0.4 is 0 Å². The van der Waals surface area contributed by atoms with Crippen LogP contribution in [-0.4, -0.2) is 53.2 Å². The number of nitro benzene ring substituents is 1. The van der Waals surface area contributed by atoms with Gasteiger partial charge in [-0.15, -0.1) is 0 Å². The zero-order chi connectivity index (χ0) is 15.4. The molecule has 1 fully saturated rings. The number of hydrogen-bond acceptors (Lipinski definition) is 5. The number of benzene rings is 1. The number of hydrogen-bond donors (Lipinski definition) is 1. The highest BCUT2D eigenvalue weighted by atomic mass is 16.6. The van der Waals surface area contributed by atoms with E-state index in [2.05, 4.69) is 0 Å². The fraction of sp³-hybridized carbons (Fsp3) is 0.500. The highest BCUT2D eigenvalue weighted by molar-refractivity contribution is 5.84. The van der Waals surface area contributed by atoms with Crippen molar-refractivity contribution in [1.82, 2.24) is 4.90 Å². The number of non-ortho nitro benzene ring substituents is 1. The molecule has 1 heterocycles. The molecule has 7 nitrogen and oxygen atoms in total. The van der Waals surface area contributed by atoms with Crippen LogP contribution in [0.3, 0.4) is 0 Å². The molecule has 1 aromatic carbocycles. The average Bonchev–Trinajstić information content (AvgIpc) is 2.53. The SMILES string of the molecule is CC(C(=O)N1CCOCC1CO)c1cccc([N+](=O)[O-])c1. The molecule has 0 aliphatic carbocycles. The smallest absolute Gasteiger partial charge is 0.269 e. The summed E-state index contributed by atoms with van der Waals surface area (Å²) in [6, 6.07) is 5.72. The maximum Gasteiger partial charge on any atom is 0.269 e. The van der Waals surface area contributed by atoms with Crippen molar-refractivity contribution in [1.29, 1.82) is 0 Å². The molecule has 1 aliphatic rings. The monoisotopic (exact) mass is 294 g/mol. The van der Waals surface area contributed by atoms with Crippen LogP contribution in [0.2, 0.25) is 0 Å². The molecular weight excluding hydrogens is 276 g/mol. The van der Waals surface area contributed by atoms with Crippen LogP contribution in [0.15, 0.2) is 24.3 Å². The van der Waals surface area contributed by atoms with Crippen LogP contribution >= 0.6 is 0 Å². The summed E-state index contributed by atoms with van der Waals surface area (Å²) < 4.78 is 5.25. The first-order valence-corrected chi connectivity index (χ1v) is 6.78. The van der Waals surface area contributed by atoms with E-state index in [1.807, 2.05) is 0 Å². The van der Waals surface area contributed by atoms with Gasteiger partial charge in [0.05, 0.1) is 36.7 Å². The number of rotatable bonds is 4. The van der Waals surface area contributed by atoms with Gasteiger partial charge in [0, 0.05) is 18.7 Å². The number of ether oxygens (including phenoxy) is 1. The minimum Gasteiger partial charge on any atom is -0.394 e. The van der Waals surface area contributed by atoms with Gasteiger partial charge in [-0.1, -0.05) is 12.1 Å². The molecule has 2 atom stereocenters. The summed E-state index contributed by atoms with van der Waals surface area (Å²) in [5, 5.41) is 20.1. The van der Waals surface area contributed by atoms with E-state index in [0.717, 1.165) is 0 Å². The van der Waals surface area contributed by atoms with Gasteiger partial charge in [0.15, 0.2) is 0 Å². The van der Waals surface area contributed by atoms with Crippen LogP contribution in [0.25, 0.3) is 0 Å². The predicted octanol–water partition coefficient (Wildman–Crippen LogP) is 0.918. The predicted molar refractivity (Wildman–Crippen MR) is 74.9 cm³/mol. The Balaban J connectivity index is 2.18. The second-order valence-corrected chi connectivity index (χ2v) is 5.02. The lowest BCUT2D eigenvalue weighted by molar-refractivity contribution is -0.384. The number of carbonyl (C=O) groups is 1. The summed E-state index contributed by atoms with van der Waals surface area (Å²) in [6.07, 6.45) is 0. The summed E-state index contributed by atoms with van der Waals surface area (Å²) in [5.41, 5.74) is 0.560. The topological polar surface area (TPSA) is 92.9 Å². The van der Waals surface area contributed by atoms with E-state index in [1.165, 1.54) is 12.1 Å². The lowest BCUT2D eigenvalue weighted by atomic mass is 9.98. The molecule has 0 radical (unpaired) electrons. The highest BCUT2D eigenvalue weighted by Crippen LogP contribution is 2.24. The minimum atomic E-state index is -0.503. The summed E-state index contributed by atoms with van der Waals surface area (Å²) >= 11 is 0. The maximum atomic E-state index is 12.5. The molecule has 21 heavy (non-hydrogen) atoms. The molecule has 0 bridgehead atoms. The Morgan fingerprint density at radius 2 is 2.38 bits per heavy atom. The second kappa shape index (κ2) is 6.64. The lowest BCUT2D eigenvalue weighted by Crippen LogP contribution is -2.51. The minimum absolute atomic E-state index is 0.0344. The fourth-order valence-corrected chi connectivity index (χ4v) is 2.40. The molecule has 2 rings (SSSR count). The summed E-state index contributed by atoms with van der Waals surface area (Å²) in [5.74, 6) is -0.658. The van der Waals surface area contributed by atoms with E-state index < -0.39 is 10.8 Å². The van der Waals surface area contributed by atoms with Crippen molar-refractivity contribution in [3.8, 4) is 0 Å². The second-order valence-electron chi connectivity index (χ2n) is 5.02. The molecule has 1 aliphatic heterocycles. The van der Waals surface area contributed by atoms with Crippen molar-refractivity contribution in [2.45, 2.75) is 18.9 Å². The molecule has 0 spiro atoms. The van der Waals surface area contributed by atoms with Gasteiger partial charge in [-0.05, 0) is 12.5 Å². The van der Waals surface area contributed by atoms with E-state index >= 15 is 0 Å². The van der Waals surface area contributed by atoms with Gasteiger partial charge in [-0.3, -0.25) is 14.9 Å². The molecule has 114 valence electrons. The molecule has 1 amide bonds. The van der Waals surface area contributed by atoms with E-state index in [0.29, 0.717) is 25.3 Å². The van der Waals surface area contributed by atoms with Crippen molar-refractivity contribution < 1.29 is 19.6 Å².